The van der Waals surface area contributed by atoms with E-state index in [1.165, 1.54) is 0 Å². The van der Waals surface area contributed by atoms with Gasteiger partial charge in [-0.15, -0.1) is 24.8 Å². The van der Waals surface area contributed by atoms with Gasteiger partial charge in [-0.25, -0.2) is 4.98 Å². The normalized spacial score (nSPS) is 15.1. The zero-order valence-electron chi connectivity index (χ0n) is 10.1. The van der Waals surface area contributed by atoms with Gasteiger partial charge < -0.3 is 10.6 Å². The molecule has 1 amide bonds. The van der Waals surface area contributed by atoms with Gasteiger partial charge in [0.2, 0.25) is 5.91 Å². The molecule has 4 nitrogen and oxygen atoms in total. The van der Waals surface area contributed by atoms with Crippen LogP contribution in [0.4, 0.5) is 5.82 Å². The van der Waals surface area contributed by atoms with Crippen LogP contribution in [0.3, 0.4) is 0 Å². The highest BCUT2D eigenvalue weighted by Crippen LogP contribution is 2.16. The highest BCUT2D eigenvalue weighted by molar-refractivity contribution is 5.89. The minimum atomic E-state index is 0. The van der Waals surface area contributed by atoms with Crippen molar-refractivity contribution in [1.82, 2.24) is 10.3 Å². The summed E-state index contributed by atoms with van der Waals surface area (Å²) in [4.78, 5) is 15.8. The van der Waals surface area contributed by atoms with Gasteiger partial charge in [-0.3, -0.25) is 4.79 Å². The summed E-state index contributed by atoms with van der Waals surface area (Å²) >= 11 is 0. The molecule has 1 fully saturated rings. The molecule has 0 radical (unpaired) electrons. The van der Waals surface area contributed by atoms with Gasteiger partial charge in [-0.1, -0.05) is 6.07 Å². The Morgan fingerprint density at radius 3 is 2.67 bits per heavy atom. The summed E-state index contributed by atoms with van der Waals surface area (Å²) in [5.74, 6) is 1.23. The predicted octanol–water partition coefficient (Wildman–Crippen LogP) is 2.25. The summed E-state index contributed by atoms with van der Waals surface area (Å²) in [6.45, 7) is 2.06. The van der Waals surface area contributed by atoms with Crippen molar-refractivity contribution >= 4 is 36.5 Å². The van der Waals surface area contributed by atoms with Gasteiger partial charge >= 0.3 is 0 Å². The Morgan fingerprint density at radius 1 is 1.33 bits per heavy atom. The fraction of sp³-hybridized carbons (Fsp3) is 0.500. The van der Waals surface area contributed by atoms with Crippen LogP contribution in [0.2, 0.25) is 0 Å². The third kappa shape index (κ3) is 5.67. The Morgan fingerprint density at radius 2 is 2.06 bits per heavy atom. The molecule has 2 rings (SSSR count). The second-order valence-corrected chi connectivity index (χ2v) is 4.16. The maximum atomic E-state index is 11.7. The number of anilines is 1. The highest BCUT2D eigenvalue weighted by Gasteiger charge is 2.16. The zero-order chi connectivity index (χ0) is 11.2. The molecule has 1 aromatic rings. The smallest absolute Gasteiger partial charge is 0.225 e. The summed E-state index contributed by atoms with van der Waals surface area (Å²) < 4.78 is 0. The van der Waals surface area contributed by atoms with Crippen molar-refractivity contribution < 1.29 is 4.79 Å². The van der Waals surface area contributed by atoms with E-state index in [4.69, 9.17) is 0 Å². The first-order chi connectivity index (χ1) is 7.84. The molecule has 1 aliphatic rings. The molecule has 0 bridgehead atoms. The van der Waals surface area contributed by atoms with Crippen molar-refractivity contribution in [1.29, 1.82) is 0 Å². The molecule has 0 spiro atoms. The van der Waals surface area contributed by atoms with E-state index in [9.17, 15) is 4.79 Å². The van der Waals surface area contributed by atoms with Crippen LogP contribution in [0, 0.1) is 5.92 Å². The van der Waals surface area contributed by atoms with E-state index in [1.54, 1.807) is 12.3 Å². The number of rotatable bonds is 3. The summed E-state index contributed by atoms with van der Waals surface area (Å²) in [7, 11) is 0. The number of piperidine rings is 1. The first-order valence-corrected chi connectivity index (χ1v) is 5.76. The minimum absolute atomic E-state index is 0. The van der Waals surface area contributed by atoms with Crippen LogP contribution in [-0.4, -0.2) is 24.0 Å². The standard InChI is InChI=1S/C12H17N3O.2ClH/c16-12(9-10-4-7-13-8-5-10)15-11-3-1-2-6-14-11;;/h1-3,6,10,13H,4-5,7-9H2,(H,14,15,16);2*1H. The largest absolute Gasteiger partial charge is 0.317 e. The van der Waals surface area contributed by atoms with Crippen LogP contribution in [0.15, 0.2) is 24.4 Å². The molecule has 6 heteroatoms. The molecule has 0 atom stereocenters. The lowest BCUT2D eigenvalue weighted by Gasteiger charge is -2.21. The molecule has 18 heavy (non-hydrogen) atoms. The number of aromatic nitrogens is 1. The van der Waals surface area contributed by atoms with Crippen molar-refractivity contribution in [3.63, 3.8) is 0 Å². The van der Waals surface area contributed by atoms with E-state index >= 15 is 0 Å². The molecule has 102 valence electrons. The van der Waals surface area contributed by atoms with Crippen molar-refractivity contribution in [2.24, 2.45) is 5.92 Å². The van der Waals surface area contributed by atoms with Crippen molar-refractivity contribution in [2.75, 3.05) is 18.4 Å². The van der Waals surface area contributed by atoms with E-state index in [-0.39, 0.29) is 30.7 Å². The summed E-state index contributed by atoms with van der Waals surface area (Å²) in [5, 5.41) is 6.11. The van der Waals surface area contributed by atoms with Gasteiger partial charge in [0, 0.05) is 12.6 Å². The Hall–Kier alpha value is -0.840. The molecule has 0 aromatic carbocycles. The van der Waals surface area contributed by atoms with E-state index in [2.05, 4.69) is 15.6 Å². The number of carbonyl (C=O) groups is 1. The number of nitrogens with zero attached hydrogens (tertiary/aromatic N) is 1. The van der Waals surface area contributed by atoms with Crippen LogP contribution < -0.4 is 10.6 Å². The summed E-state index contributed by atoms with van der Waals surface area (Å²) in [5.41, 5.74) is 0. The molecule has 2 heterocycles. The van der Waals surface area contributed by atoms with Crippen LogP contribution >= 0.6 is 24.8 Å². The summed E-state index contributed by atoms with van der Waals surface area (Å²) in [6.07, 6.45) is 4.48. The Bertz CT molecular complexity index is 342. The Kier molecular flexibility index (Phi) is 8.71. The predicted molar refractivity (Wildman–Crippen MR) is 77.6 cm³/mol. The first-order valence-electron chi connectivity index (χ1n) is 5.76. The van der Waals surface area contributed by atoms with Gasteiger partial charge in [-0.05, 0) is 44.0 Å². The van der Waals surface area contributed by atoms with Gasteiger partial charge in [0.05, 0.1) is 0 Å². The van der Waals surface area contributed by atoms with Gasteiger partial charge in [-0.2, -0.15) is 0 Å². The molecule has 0 unspecified atom stereocenters. The number of pyridine rings is 1. The Balaban J connectivity index is 0.00000144. The number of hydrogen-bond acceptors (Lipinski definition) is 3. The second kappa shape index (κ2) is 9.14. The Labute approximate surface area is 120 Å². The molecule has 1 aliphatic heterocycles. The molecule has 2 N–H and O–H groups in total. The first kappa shape index (κ1) is 17.2. The fourth-order valence-corrected chi connectivity index (χ4v) is 1.98. The number of nitrogens with one attached hydrogen (secondary N) is 2. The number of halogens is 2. The lowest BCUT2D eigenvalue weighted by Crippen LogP contribution is -2.30. The average Bonchev–Trinajstić information content (AvgIpc) is 2.31. The van der Waals surface area contributed by atoms with Crippen LogP contribution in [0.5, 0.6) is 0 Å². The SMILES string of the molecule is Cl.Cl.O=C(CC1CCNCC1)Nc1ccccn1. The molecule has 0 aliphatic carbocycles. The van der Waals surface area contributed by atoms with Crippen LogP contribution in [0.25, 0.3) is 0 Å². The van der Waals surface area contributed by atoms with Crippen molar-refractivity contribution in [3.8, 4) is 0 Å². The topological polar surface area (TPSA) is 54.0 Å². The zero-order valence-corrected chi connectivity index (χ0v) is 11.7. The van der Waals surface area contributed by atoms with E-state index in [0.717, 1.165) is 25.9 Å². The molecular formula is C12H19Cl2N3O. The lowest BCUT2D eigenvalue weighted by molar-refractivity contribution is -0.117. The average molecular weight is 292 g/mol. The molecular weight excluding hydrogens is 273 g/mol. The molecule has 0 saturated carbocycles. The minimum Gasteiger partial charge on any atom is -0.317 e. The fourth-order valence-electron chi connectivity index (χ4n) is 1.98. The van der Waals surface area contributed by atoms with Crippen molar-refractivity contribution in [2.45, 2.75) is 19.3 Å². The summed E-state index contributed by atoms with van der Waals surface area (Å²) in [6, 6.07) is 5.51. The number of hydrogen-bond donors (Lipinski definition) is 2. The van der Waals surface area contributed by atoms with E-state index < -0.39 is 0 Å². The third-order valence-corrected chi connectivity index (χ3v) is 2.87. The van der Waals surface area contributed by atoms with Gasteiger partial charge in [0.25, 0.3) is 0 Å². The van der Waals surface area contributed by atoms with E-state index in [1.807, 2.05) is 12.1 Å². The van der Waals surface area contributed by atoms with E-state index in [0.29, 0.717) is 18.2 Å². The van der Waals surface area contributed by atoms with Crippen LogP contribution in [0.1, 0.15) is 19.3 Å². The monoisotopic (exact) mass is 291 g/mol. The molecule has 1 aromatic heterocycles. The van der Waals surface area contributed by atoms with Crippen LogP contribution in [-0.2, 0) is 4.79 Å². The molecule has 1 saturated heterocycles. The van der Waals surface area contributed by atoms with Gasteiger partial charge in [0.1, 0.15) is 5.82 Å². The van der Waals surface area contributed by atoms with Gasteiger partial charge in [0.15, 0.2) is 0 Å². The number of amides is 1. The number of carbonyl (C=O) groups excluding carboxylic acids is 1. The third-order valence-electron chi connectivity index (χ3n) is 2.87. The van der Waals surface area contributed by atoms with Crippen molar-refractivity contribution in [3.05, 3.63) is 24.4 Å². The quantitative estimate of drug-likeness (QED) is 0.898. The maximum Gasteiger partial charge on any atom is 0.225 e. The second-order valence-electron chi connectivity index (χ2n) is 4.16. The maximum absolute atomic E-state index is 11.7. The highest BCUT2D eigenvalue weighted by atomic mass is 35.5. The lowest BCUT2D eigenvalue weighted by atomic mass is 9.94.